The average molecular weight is 348 g/mol. The molecule has 1 saturated carbocycles. The average Bonchev–Trinajstić information content (AvgIpc) is 3.49. The largest absolute Gasteiger partial charge is 0.345 e. The van der Waals surface area contributed by atoms with E-state index in [0.29, 0.717) is 18.1 Å². The minimum atomic E-state index is -0.200. The summed E-state index contributed by atoms with van der Waals surface area (Å²) in [4.78, 5) is 31.3. The highest BCUT2D eigenvalue weighted by Gasteiger charge is 2.45. The van der Waals surface area contributed by atoms with Crippen LogP contribution in [0.3, 0.4) is 0 Å². The molecule has 2 aliphatic rings. The van der Waals surface area contributed by atoms with E-state index in [1.54, 1.807) is 29.7 Å². The molecule has 0 unspecified atom stereocenters. The lowest BCUT2D eigenvalue weighted by molar-refractivity contribution is 0.0672. The molecule has 2 aromatic heterocycles. The summed E-state index contributed by atoms with van der Waals surface area (Å²) >= 11 is 0. The van der Waals surface area contributed by atoms with Crippen LogP contribution in [0.1, 0.15) is 48.0 Å². The molecule has 1 aliphatic heterocycles. The van der Waals surface area contributed by atoms with Gasteiger partial charge in [0, 0.05) is 36.9 Å². The number of hydrogen-bond donors (Lipinski definition) is 1. The molecule has 0 bridgehead atoms. The van der Waals surface area contributed by atoms with Crippen LogP contribution in [0.25, 0.3) is 0 Å². The summed E-state index contributed by atoms with van der Waals surface area (Å²) in [5.74, 6) is 3.11. The van der Waals surface area contributed by atoms with Crippen LogP contribution in [-0.2, 0) is 5.54 Å². The first-order chi connectivity index (χ1) is 12.7. The molecule has 1 saturated heterocycles. The molecule has 4 rings (SSSR count). The number of hydrogen-bond acceptors (Lipinski definition) is 6. The minimum absolute atomic E-state index is 0.100. The van der Waals surface area contributed by atoms with Crippen LogP contribution >= 0.6 is 0 Å². The molecule has 7 nitrogen and oxygen atoms in total. The van der Waals surface area contributed by atoms with Crippen molar-refractivity contribution in [1.82, 2.24) is 24.8 Å². The predicted molar refractivity (Wildman–Crippen MR) is 96.1 cm³/mol. The van der Waals surface area contributed by atoms with Gasteiger partial charge in [0.2, 0.25) is 5.95 Å². The molecule has 3 heterocycles. The Morgan fingerprint density at radius 2 is 1.92 bits per heavy atom. The summed E-state index contributed by atoms with van der Waals surface area (Å²) in [6.07, 6.45) is 18.7. The number of carbonyl (C=O) groups excluding carboxylic acids is 1. The lowest BCUT2D eigenvalue weighted by atomic mass is 10.0. The second-order valence-electron chi connectivity index (χ2n) is 6.81. The van der Waals surface area contributed by atoms with Crippen molar-refractivity contribution in [3.05, 3.63) is 42.2 Å². The number of piperidine rings is 1. The Morgan fingerprint density at radius 1 is 1.19 bits per heavy atom. The fourth-order valence-electron chi connectivity index (χ4n) is 3.39. The van der Waals surface area contributed by atoms with Crippen molar-refractivity contribution < 1.29 is 4.79 Å². The zero-order valence-corrected chi connectivity index (χ0v) is 14.4. The summed E-state index contributed by atoms with van der Waals surface area (Å²) in [6.45, 7) is 0.685. The van der Waals surface area contributed by atoms with Gasteiger partial charge in [-0.3, -0.25) is 4.79 Å². The maximum Gasteiger partial charge on any atom is 0.257 e. The predicted octanol–water partition coefficient (Wildman–Crippen LogP) is 2.00. The molecule has 1 amide bonds. The van der Waals surface area contributed by atoms with Crippen molar-refractivity contribution >= 4 is 11.9 Å². The Labute approximate surface area is 152 Å². The van der Waals surface area contributed by atoms with Crippen molar-refractivity contribution in [2.75, 3.05) is 11.9 Å². The summed E-state index contributed by atoms with van der Waals surface area (Å²) in [5, 5.41) is 3.35. The second-order valence-corrected chi connectivity index (χ2v) is 6.81. The van der Waals surface area contributed by atoms with Crippen molar-refractivity contribution in [3.8, 4) is 12.3 Å². The van der Waals surface area contributed by atoms with E-state index in [9.17, 15) is 4.79 Å². The number of nitrogens with one attached hydrogen (secondary N) is 1. The summed E-state index contributed by atoms with van der Waals surface area (Å²) in [6, 6.07) is -0.137. The number of terminal acetylenes is 1. The number of likely N-dealkylation sites (tertiary alicyclic amines) is 1. The normalized spacial score (nSPS) is 20.9. The monoisotopic (exact) mass is 348 g/mol. The van der Waals surface area contributed by atoms with Crippen molar-refractivity contribution in [3.63, 3.8) is 0 Å². The van der Waals surface area contributed by atoms with E-state index in [0.717, 1.165) is 37.7 Å². The molecule has 1 atom stereocenters. The van der Waals surface area contributed by atoms with E-state index in [1.807, 2.05) is 0 Å². The number of aromatic nitrogens is 4. The Morgan fingerprint density at radius 3 is 2.58 bits per heavy atom. The fourth-order valence-corrected chi connectivity index (χ4v) is 3.39. The van der Waals surface area contributed by atoms with E-state index in [4.69, 9.17) is 6.42 Å². The highest BCUT2D eigenvalue weighted by molar-refractivity contribution is 5.94. The molecule has 0 radical (unpaired) electrons. The standard InChI is InChI=1S/C19H20N6O/c1-2-16-5-3-4-8-25(16)17(26)14-9-22-18(23-10-14)24-19(6-7-19)15-11-20-13-21-12-15/h1,9-13,16H,3-8H2,(H,22,23,24)/t16-/m0/s1. The van der Waals surface area contributed by atoms with Gasteiger partial charge in [-0.05, 0) is 32.1 Å². The lowest BCUT2D eigenvalue weighted by Crippen LogP contribution is -2.43. The van der Waals surface area contributed by atoms with E-state index >= 15 is 0 Å². The SMILES string of the molecule is C#C[C@H]1CCCCN1C(=O)c1cnc(NC2(c3cncnc3)CC2)nc1. The molecule has 132 valence electrons. The number of amides is 1. The van der Waals surface area contributed by atoms with Gasteiger partial charge in [-0.25, -0.2) is 19.9 Å². The van der Waals surface area contributed by atoms with Crippen LogP contribution in [0.4, 0.5) is 5.95 Å². The Kier molecular flexibility index (Phi) is 4.25. The first-order valence-electron chi connectivity index (χ1n) is 8.85. The van der Waals surface area contributed by atoms with E-state index in [-0.39, 0.29) is 17.5 Å². The van der Waals surface area contributed by atoms with Gasteiger partial charge >= 0.3 is 0 Å². The van der Waals surface area contributed by atoms with Crippen LogP contribution in [0.15, 0.2) is 31.1 Å². The van der Waals surface area contributed by atoms with E-state index in [2.05, 4.69) is 31.2 Å². The van der Waals surface area contributed by atoms with Gasteiger partial charge in [-0.2, -0.15) is 0 Å². The first kappa shape index (κ1) is 16.5. The molecule has 0 aromatic carbocycles. The van der Waals surface area contributed by atoms with Crippen molar-refractivity contribution in [2.45, 2.75) is 43.7 Å². The smallest absolute Gasteiger partial charge is 0.257 e. The molecule has 2 fully saturated rings. The van der Waals surface area contributed by atoms with Gasteiger partial charge in [0.05, 0.1) is 17.1 Å². The number of rotatable bonds is 4. The summed E-state index contributed by atoms with van der Waals surface area (Å²) < 4.78 is 0. The molecule has 2 aromatic rings. The van der Waals surface area contributed by atoms with Crippen LogP contribution in [0.2, 0.25) is 0 Å². The van der Waals surface area contributed by atoms with Crippen LogP contribution in [-0.4, -0.2) is 43.3 Å². The number of anilines is 1. The quantitative estimate of drug-likeness (QED) is 0.851. The third kappa shape index (κ3) is 3.10. The van der Waals surface area contributed by atoms with Crippen LogP contribution < -0.4 is 5.32 Å². The fraction of sp³-hybridized carbons (Fsp3) is 0.421. The van der Waals surface area contributed by atoms with Crippen LogP contribution in [0, 0.1) is 12.3 Å². The highest BCUT2D eigenvalue weighted by Crippen LogP contribution is 2.47. The molecule has 0 spiro atoms. The highest BCUT2D eigenvalue weighted by atomic mass is 16.2. The molecule has 1 aliphatic carbocycles. The van der Waals surface area contributed by atoms with Gasteiger partial charge in [0.25, 0.3) is 5.91 Å². The van der Waals surface area contributed by atoms with Crippen LogP contribution in [0.5, 0.6) is 0 Å². The van der Waals surface area contributed by atoms with Crippen molar-refractivity contribution in [1.29, 1.82) is 0 Å². The first-order valence-corrected chi connectivity index (χ1v) is 8.85. The third-order valence-electron chi connectivity index (χ3n) is 5.07. The summed E-state index contributed by atoms with van der Waals surface area (Å²) in [7, 11) is 0. The minimum Gasteiger partial charge on any atom is -0.345 e. The number of carbonyl (C=O) groups is 1. The Hall–Kier alpha value is -3.01. The van der Waals surface area contributed by atoms with Crippen molar-refractivity contribution in [2.24, 2.45) is 0 Å². The second kappa shape index (κ2) is 6.71. The maximum atomic E-state index is 12.7. The van der Waals surface area contributed by atoms with Gasteiger partial charge < -0.3 is 10.2 Å². The molecule has 7 heteroatoms. The molecule has 26 heavy (non-hydrogen) atoms. The van der Waals surface area contributed by atoms with Gasteiger partial charge in [0.1, 0.15) is 6.33 Å². The zero-order chi connectivity index (χ0) is 18.0. The molecular weight excluding hydrogens is 328 g/mol. The van der Waals surface area contributed by atoms with Gasteiger partial charge in [-0.15, -0.1) is 6.42 Å². The lowest BCUT2D eigenvalue weighted by Gasteiger charge is -2.32. The summed E-state index contributed by atoms with van der Waals surface area (Å²) in [5.41, 5.74) is 1.29. The third-order valence-corrected chi connectivity index (χ3v) is 5.07. The van der Waals surface area contributed by atoms with Gasteiger partial charge in [0.15, 0.2) is 0 Å². The molecule has 1 N–H and O–H groups in total. The number of nitrogens with zero attached hydrogens (tertiary/aromatic N) is 5. The topological polar surface area (TPSA) is 83.9 Å². The molecular formula is C19H20N6O. The maximum absolute atomic E-state index is 12.7. The van der Waals surface area contributed by atoms with E-state index in [1.165, 1.54) is 6.33 Å². The Balaban J connectivity index is 1.47. The Bertz CT molecular complexity index is 825. The van der Waals surface area contributed by atoms with E-state index < -0.39 is 0 Å². The van der Waals surface area contributed by atoms with Gasteiger partial charge in [-0.1, -0.05) is 5.92 Å². The zero-order valence-electron chi connectivity index (χ0n) is 14.4.